The lowest BCUT2D eigenvalue weighted by molar-refractivity contribution is 0.286. The van der Waals surface area contributed by atoms with Gasteiger partial charge < -0.3 is 9.47 Å². The van der Waals surface area contributed by atoms with E-state index in [0.29, 0.717) is 11.8 Å². The van der Waals surface area contributed by atoms with Gasteiger partial charge in [-0.05, 0) is 36.5 Å². The second kappa shape index (κ2) is 8.64. The molecule has 1 rings (SSSR count). The Labute approximate surface area is 126 Å². The standard InChI is InChI=1S/C15H24O2S2/c1-11(2)14-9-13(16-4)5-6-15(14)17-8-7-12(3)10-19-18/h5-6,9,11-12,18H,7-8,10H2,1-4H3. The van der Waals surface area contributed by atoms with Crippen LogP contribution in [0, 0.1) is 5.92 Å². The van der Waals surface area contributed by atoms with Crippen LogP contribution in [0.15, 0.2) is 18.2 Å². The van der Waals surface area contributed by atoms with Crippen LogP contribution in [0.25, 0.3) is 0 Å². The summed E-state index contributed by atoms with van der Waals surface area (Å²) in [6.07, 6.45) is 1.05. The Hall–Kier alpha value is -0.480. The van der Waals surface area contributed by atoms with Gasteiger partial charge in [-0.15, -0.1) is 11.7 Å². The minimum Gasteiger partial charge on any atom is -0.497 e. The Morgan fingerprint density at radius 2 is 2.00 bits per heavy atom. The molecule has 4 heteroatoms. The number of benzene rings is 1. The second-order valence-corrected chi connectivity index (χ2v) is 6.46. The van der Waals surface area contributed by atoms with Gasteiger partial charge in [-0.25, -0.2) is 0 Å². The van der Waals surface area contributed by atoms with Crippen molar-refractivity contribution in [2.75, 3.05) is 19.5 Å². The van der Waals surface area contributed by atoms with Crippen molar-refractivity contribution in [3.05, 3.63) is 23.8 Å². The molecule has 0 spiro atoms. The van der Waals surface area contributed by atoms with Crippen LogP contribution in [0.2, 0.25) is 0 Å². The zero-order chi connectivity index (χ0) is 14.3. The van der Waals surface area contributed by atoms with E-state index in [2.05, 4.69) is 38.5 Å². The minimum absolute atomic E-state index is 0.426. The molecule has 0 heterocycles. The van der Waals surface area contributed by atoms with Gasteiger partial charge in [0.2, 0.25) is 0 Å². The van der Waals surface area contributed by atoms with Crippen LogP contribution in [0.1, 0.15) is 38.7 Å². The molecule has 1 aromatic rings. The maximum Gasteiger partial charge on any atom is 0.123 e. The van der Waals surface area contributed by atoms with Gasteiger partial charge in [0.15, 0.2) is 0 Å². The molecule has 0 aliphatic carbocycles. The first-order valence-corrected chi connectivity index (χ1v) is 8.69. The van der Waals surface area contributed by atoms with Crippen molar-refractivity contribution in [3.8, 4) is 11.5 Å². The quantitative estimate of drug-likeness (QED) is 0.549. The molecule has 0 amide bonds. The van der Waals surface area contributed by atoms with Gasteiger partial charge in [0.1, 0.15) is 11.5 Å². The molecule has 1 unspecified atom stereocenters. The van der Waals surface area contributed by atoms with Crippen LogP contribution in [0.3, 0.4) is 0 Å². The lowest BCUT2D eigenvalue weighted by Crippen LogP contribution is -2.07. The van der Waals surface area contributed by atoms with Crippen molar-refractivity contribution in [2.24, 2.45) is 5.92 Å². The van der Waals surface area contributed by atoms with Crippen LogP contribution < -0.4 is 9.47 Å². The Bertz CT molecular complexity index is 380. The maximum atomic E-state index is 5.93. The van der Waals surface area contributed by atoms with Gasteiger partial charge >= 0.3 is 0 Å². The number of rotatable bonds is 8. The number of thiol groups is 1. The molecule has 0 fully saturated rings. The molecule has 2 nitrogen and oxygen atoms in total. The molecular weight excluding hydrogens is 276 g/mol. The first kappa shape index (κ1) is 16.6. The van der Waals surface area contributed by atoms with Gasteiger partial charge in [-0.1, -0.05) is 31.6 Å². The molecule has 0 aliphatic rings. The largest absolute Gasteiger partial charge is 0.497 e. The highest BCUT2D eigenvalue weighted by atomic mass is 33.1. The third-order valence-corrected chi connectivity index (χ3v) is 4.23. The highest BCUT2D eigenvalue weighted by Crippen LogP contribution is 2.30. The summed E-state index contributed by atoms with van der Waals surface area (Å²) in [5.74, 6) is 3.97. The Balaban J connectivity index is 2.62. The van der Waals surface area contributed by atoms with Gasteiger partial charge in [0, 0.05) is 11.3 Å². The normalized spacial score (nSPS) is 12.5. The van der Waals surface area contributed by atoms with E-state index < -0.39 is 0 Å². The van der Waals surface area contributed by atoms with Crippen molar-refractivity contribution < 1.29 is 9.47 Å². The molecule has 1 aromatic carbocycles. The summed E-state index contributed by atoms with van der Waals surface area (Å²) < 4.78 is 11.2. The van der Waals surface area contributed by atoms with Crippen LogP contribution >= 0.6 is 22.5 Å². The van der Waals surface area contributed by atoms with Crippen LogP contribution in [-0.2, 0) is 0 Å². The molecule has 1 atom stereocenters. The van der Waals surface area contributed by atoms with Gasteiger partial charge in [-0.3, -0.25) is 0 Å². The second-order valence-electron chi connectivity index (χ2n) is 5.10. The van der Waals surface area contributed by atoms with Crippen molar-refractivity contribution in [3.63, 3.8) is 0 Å². The minimum atomic E-state index is 0.426. The Morgan fingerprint density at radius 1 is 1.26 bits per heavy atom. The van der Waals surface area contributed by atoms with E-state index in [1.807, 2.05) is 12.1 Å². The van der Waals surface area contributed by atoms with Crippen LogP contribution in [0.5, 0.6) is 11.5 Å². The topological polar surface area (TPSA) is 18.5 Å². The smallest absolute Gasteiger partial charge is 0.123 e. The van der Waals surface area contributed by atoms with E-state index in [0.717, 1.165) is 30.3 Å². The molecule has 0 radical (unpaired) electrons. The summed E-state index contributed by atoms with van der Waals surface area (Å²) in [6, 6.07) is 6.02. The first-order valence-electron chi connectivity index (χ1n) is 6.65. The molecule has 19 heavy (non-hydrogen) atoms. The highest BCUT2D eigenvalue weighted by Gasteiger charge is 2.10. The molecule has 0 N–H and O–H groups in total. The fourth-order valence-electron chi connectivity index (χ4n) is 1.82. The lowest BCUT2D eigenvalue weighted by Gasteiger charge is -2.16. The predicted molar refractivity (Wildman–Crippen MR) is 87.8 cm³/mol. The van der Waals surface area contributed by atoms with E-state index in [-0.39, 0.29) is 0 Å². The predicted octanol–water partition coefficient (Wildman–Crippen LogP) is 4.80. The van der Waals surface area contributed by atoms with Crippen LogP contribution in [0.4, 0.5) is 0 Å². The van der Waals surface area contributed by atoms with Gasteiger partial charge in [0.05, 0.1) is 13.7 Å². The number of hydrogen-bond donors (Lipinski definition) is 1. The summed E-state index contributed by atoms with van der Waals surface area (Å²) in [4.78, 5) is 0. The van der Waals surface area contributed by atoms with E-state index in [1.54, 1.807) is 17.9 Å². The summed E-state index contributed by atoms with van der Waals surface area (Å²) >= 11 is 4.18. The van der Waals surface area contributed by atoms with E-state index >= 15 is 0 Å². The third kappa shape index (κ3) is 5.57. The summed E-state index contributed by atoms with van der Waals surface area (Å²) in [7, 11) is 3.28. The Kier molecular flexibility index (Phi) is 7.54. The number of methoxy groups -OCH3 is 1. The maximum absolute atomic E-state index is 5.93. The molecule has 0 saturated heterocycles. The van der Waals surface area contributed by atoms with E-state index in [4.69, 9.17) is 9.47 Å². The van der Waals surface area contributed by atoms with Gasteiger partial charge in [-0.2, -0.15) is 0 Å². The molecule has 0 saturated carbocycles. The molecular formula is C15H24O2S2. The van der Waals surface area contributed by atoms with E-state index in [1.165, 1.54) is 5.56 Å². The summed E-state index contributed by atoms with van der Waals surface area (Å²) in [5, 5.41) is 0. The summed E-state index contributed by atoms with van der Waals surface area (Å²) in [6.45, 7) is 7.31. The van der Waals surface area contributed by atoms with Crippen molar-refractivity contribution >= 4 is 22.5 Å². The number of ether oxygens (including phenoxy) is 2. The number of hydrogen-bond acceptors (Lipinski definition) is 4. The van der Waals surface area contributed by atoms with Crippen molar-refractivity contribution in [1.82, 2.24) is 0 Å². The lowest BCUT2D eigenvalue weighted by atomic mass is 10.0. The zero-order valence-corrected chi connectivity index (χ0v) is 13.9. The first-order chi connectivity index (χ1) is 9.08. The zero-order valence-electron chi connectivity index (χ0n) is 12.2. The third-order valence-electron chi connectivity index (χ3n) is 3.07. The SMILES string of the molecule is COc1ccc(OCCC(C)CSS)c(C(C)C)c1. The molecule has 0 bridgehead atoms. The van der Waals surface area contributed by atoms with Crippen molar-refractivity contribution in [2.45, 2.75) is 33.1 Å². The Morgan fingerprint density at radius 3 is 2.58 bits per heavy atom. The van der Waals surface area contributed by atoms with Gasteiger partial charge in [0.25, 0.3) is 0 Å². The molecule has 0 aliphatic heterocycles. The van der Waals surface area contributed by atoms with E-state index in [9.17, 15) is 0 Å². The highest BCUT2D eigenvalue weighted by molar-refractivity contribution is 8.68. The molecule has 0 aromatic heterocycles. The average Bonchev–Trinajstić information content (AvgIpc) is 2.39. The monoisotopic (exact) mass is 300 g/mol. The summed E-state index contributed by atoms with van der Waals surface area (Å²) in [5.41, 5.74) is 1.20. The average molecular weight is 300 g/mol. The fourth-order valence-corrected chi connectivity index (χ4v) is 3.00. The fraction of sp³-hybridized carbons (Fsp3) is 0.600. The van der Waals surface area contributed by atoms with Crippen LogP contribution in [-0.4, -0.2) is 19.5 Å². The molecule has 108 valence electrons. The van der Waals surface area contributed by atoms with Crippen molar-refractivity contribution in [1.29, 1.82) is 0 Å².